The van der Waals surface area contributed by atoms with E-state index in [4.69, 9.17) is 9.47 Å². The Labute approximate surface area is 249 Å². The molecule has 0 radical (unpaired) electrons. The van der Waals surface area contributed by atoms with E-state index < -0.39 is 28.5 Å². The Morgan fingerprint density at radius 3 is 2.14 bits per heavy atom. The topological polar surface area (TPSA) is 105 Å². The van der Waals surface area contributed by atoms with E-state index in [1.165, 1.54) is 37.3 Å². The van der Waals surface area contributed by atoms with E-state index in [1.807, 2.05) is 51.1 Å². The van der Waals surface area contributed by atoms with Crippen molar-refractivity contribution in [2.75, 3.05) is 31.6 Å². The molecule has 42 heavy (non-hydrogen) atoms. The number of ether oxygens (including phenoxy) is 2. The smallest absolute Gasteiger partial charge is 0.264 e. The normalized spacial score (nSPS) is 12.6. The van der Waals surface area contributed by atoms with E-state index >= 15 is 0 Å². The molecule has 0 heterocycles. The van der Waals surface area contributed by atoms with Crippen molar-refractivity contribution in [2.45, 2.75) is 57.5 Å². The summed E-state index contributed by atoms with van der Waals surface area (Å²) in [5.74, 6) is -0.0816. The van der Waals surface area contributed by atoms with Crippen LogP contribution in [0.4, 0.5) is 5.69 Å². The maximum atomic E-state index is 14.0. The summed E-state index contributed by atoms with van der Waals surface area (Å²) in [4.78, 5) is 28.7. The summed E-state index contributed by atoms with van der Waals surface area (Å²) < 4.78 is 39.9. The van der Waals surface area contributed by atoms with Gasteiger partial charge in [0, 0.05) is 18.7 Å². The molecular weight excluding hydrogens is 554 g/mol. The van der Waals surface area contributed by atoms with Gasteiger partial charge in [0.2, 0.25) is 11.8 Å². The Bertz CT molecular complexity index is 1440. The molecule has 3 aromatic carbocycles. The van der Waals surface area contributed by atoms with E-state index in [0.717, 1.165) is 21.9 Å². The lowest BCUT2D eigenvalue weighted by Crippen LogP contribution is -2.53. The highest BCUT2D eigenvalue weighted by Gasteiger charge is 2.33. The van der Waals surface area contributed by atoms with Gasteiger partial charge in [-0.3, -0.25) is 13.9 Å². The van der Waals surface area contributed by atoms with Crippen LogP contribution in [-0.4, -0.2) is 64.5 Å². The van der Waals surface area contributed by atoms with Crippen molar-refractivity contribution in [2.24, 2.45) is 0 Å². The fourth-order valence-corrected chi connectivity index (χ4v) is 5.79. The predicted octanol–water partition coefficient (Wildman–Crippen LogP) is 4.58. The number of carbonyl (C=O) groups excluding carboxylic acids is 2. The SMILES string of the molecule is CCC(C)NC(=O)C(C)N(CCc1ccccc1)C(=O)CN(c1ccc(OC)c(OC)c1)S(=O)(=O)c1ccc(C)cc1. The van der Waals surface area contributed by atoms with Crippen LogP contribution in [0.3, 0.4) is 0 Å². The number of hydrogen-bond acceptors (Lipinski definition) is 6. The summed E-state index contributed by atoms with van der Waals surface area (Å²) in [5, 5.41) is 2.94. The third kappa shape index (κ3) is 8.03. The third-order valence-electron chi connectivity index (χ3n) is 7.20. The van der Waals surface area contributed by atoms with Gasteiger partial charge < -0.3 is 19.7 Å². The minimum atomic E-state index is -4.19. The Hall–Kier alpha value is -4.05. The number of anilines is 1. The lowest BCUT2D eigenvalue weighted by Gasteiger charge is -2.32. The molecule has 0 bridgehead atoms. The molecule has 2 unspecified atom stereocenters. The van der Waals surface area contributed by atoms with E-state index in [9.17, 15) is 18.0 Å². The first kappa shape index (κ1) is 32.5. The van der Waals surface area contributed by atoms with Gasteiger partial charge in [-0.2, -0.15) is 0 Å². The number of rotatable bonds is 14. The second-order valence-electron chi connectivity index (χ2n) is 10.2. The van der Waals surface area contributed by atoms with E-state index in [1.54, 1.807) is 31.2 Å². The van der Waals surface area contributed by atoms with E-state index in [2.05, 4.69) is 5.32 Å². The maximum Gasteiger partial charge on any atom is 0.264 e. The zero-order chi connectivity index (χ0) is 30.9. The molecule has 0 aliphatic carbocycles. The number of carbonyl (C=O) groups is 2. The number of aryl methyl sites for hydroxylation is 1. The molecule has 0 saturated heterocycles. The van der Waals surface area contributed by atoms with Crippen LogP contribution in [0, 0.1) is 6.92 Å². The summed E-state index contributed by atoms with van der Waals surface area (Å²) in [5.41, 5.74) is 2.12. The summed E-state index contributed by atoms with van der Waals surface area (Å²) >= 11 is 0. The minimum Gasteiger partial charge on any atom is -0.493 e. The Morgan fingerprint density at radius 1 is 0.905 bits per heavy atom. The number of nitrogens with one attached hydrogen (secondary N) is 1. The van der Waals surface area contributed by atoms with Gasteiger partial charge in [-0.05, 0) is 63.4 Å². The molecule has 9 nitrogen and oxygen atoms in total. The second kappa shape index (κ2) is 14.7. The van der Waals surface area contributed by atoms with Gasteiger partial charge in [0.25, 0.3) is 10.0 Å². The number of hydrogen-bond donors (Lipinski definition) is 1. The molecule has 3 rings (SSSR count). The summed E-state index contributed by atoms with van der Waals surface area (Å²) in [7, 11) is -1.25. The quantitative estimate of drug-likeness (QED) is 0.293. The molecule has 226 valence electrons. The van der Waals surface area contributed by atoms with Gasteiger partial charge in [-0.15, -0.1) is 0 Å². The number of amides is 2. The van der Waals surface area contributed by atoms with Crippen LogP contribution >= 0.6 is 0 Å². The molecule has 0 aliphatic rings. The van der Waals surface area contributed by atoms with Gasteiger partial charge >= 0.3 is 0 Å². The molecule has 10 heteroatoms. The summed E-state index contributed by atoms with van der Waals surface area (Å²) in [6, 6.07) is 19.8. The fourth-order valence-electron chi connectivity index (χ4n) is 4.38. The number of methoxy groups -OCH3 is 2. The molecule has 2 atom stereocenters. The number of nitrogens with zero attached hydrogens (tertiary/aromatic N) is 2. The van der Waals surface area contributed by atoms with Gasteiger partial charge in [0.15, 0.2) is 11.5 Å². The third-order valence-corrected chi connectivity index (χ3v) is 8.98. The van der Waals surface area contributed by atoms with Crippen molar-refractivity contribution >= 4 is 27.5 Å². The van der Waals surface area contributed by atoms with Gasteiger partial charge in [-0.1, -0.05) is 55.0 Å². The minimum absolute atomic E-state index is 0.0362. The molecule has 2 amide bonds. The largest absolute Gasteiger partial charge is 0.493 e. The van der Waals surface area contributed by atoms with Crippen LogP contribution in [0.2, 0.25) is 0 Å². The maximum absolute atomic E-state index is 14.0. The first-order chi connectivity index (χ1) is 20.0. The molecule has 0 saturated carbocycles. The van der Waals surface area contributed by atoms with Crippen molar-refractivity contribution in [1.29, 1.82) is 0 Å². The van der Waals surface area contributed by atoms with Gasteiger partial charge in [-0.25, -0.2) is 8.42 Å². The van der Waals surface area contributed by atoms with Crippen LogP contribution in [0.1, 0.15) is 38.3 Å². The van der Waals surface area contributed by atoms with Gasteiger partial charge in [0.1, 0.15) is 12.6 Å². The van der Waals surface area contributed by atoms with Crippen LogP contribution < -0.4 is 19.1 Å². The first-order valence-corrected chi connectivity index (χ1v) is 15.4. The monoisotopic (exact) mass is 595 g/mol. The molecule has 0 aromatic heterocycles. The zero-order valence-electron chi connectivity index (χ0n) is 25.2. The highest BCUT2D eigenvalue weighted by Crippen LogP contribution is 2.34. The van der Waals surface area contributed by atoms with E-state index in [0.29, 0.717) is 17.9 Å². The average molecular weight is 596 g/mol. The molecular formula is C32H41N3O6S. The molecule has 3 aromatic rings. The standard InChI is InChI=1S/C32H41N3O6S/c1-7-24(3)33-32(37)25(4)34(20-19-26-11-9-8-10-12-26)31(36)22-35(27-15-18-29(40-5)30(21-27)41-6)42(38,39)28-16-13-23(2)14-17-28/h8-18,21,24-25H,7,19-20,22H2,1-6H3,(H,33,37). The fraction of sp³-hybridized carbons (Fsp3) is 0.375. The van der Waals surface area contributed by atoms with Crippen LogP contribution in [0.15, 0.2) is 77.7 Å². The van der Waals surface area contributed by atoms with Crippen molar-refractivity contribution < 1.29 is 27.5 Å². The van der Waals surface area contributed by atoms with Gasteiger partial charge in [0.05, 0.1) is 24.8 Å². The average Bonchev–Trinajstić information content (AvgIpc) is 2.99. The Balaban J connectivity index is 2.03. The summed E-state index contributed by atoms with van der Waals surface area (Å²) in [6.45, 7) is 7.08. The second-order valence-corrected chi connectivity index (χ2v) is 12.0. The van der Waals surface area contributed by atoms with Crippen LogP contribution in [0.5, 0.6) is 11.5 Å². The zero-order valence-corrected chi connectivity index (χ0v) is 26.0. The number of benzene rings is 3. The van der Waals surface area contributed by atoms with Crippen LogP contribution in [0.25, 0.3) is 0 Å². The van der Waals surface area contributed by atoms with Crippen molar-refractivity contribution in [3.8, 4) is 11.5 Å². The van der Waals surface area contributed by atoms with Crippen molar-refractivity contribution in [3.63, 3.8) is 0 Å². The lowest BCUT2D eigenvalue weighted by atomic mass is 10.1. The predicted molar refractivity (Wildman–Crippen MR) is 164 cm³/mol. The lowest BCUT2D eigenvalue weighted by molar-refractivity contribution is -0.139. The molecule has 0 fully saturated rings. The van der Waals surface area contributed by atoms with E-state index in [-0.39, 0.29) is 29.1 Å². The first-order valence-electron chi connectivity index (χ1n) is 14.0. The Morgan fingerprint density at radius 2 is 1.55 bits per heavy atom. The molecule has 0 aliphatic heterocycles. The van der Waals surface area contributed by atoms with Crippen LogP contribution in [-0.2, 0) is 26.0 Å². The molecule has 1 N–H and O–H groups in total. The highest BCUT2D eigenvalue weighted by atomic mass is 32.2. The number of sulfonamides is 1. The highest BCUT2D eigenvalue weighted by molar-refractivity contribution is 7.92. The summed E-state index contributed by atoms with van der Waals surface area (Å²) in [6.07, 6.45) is 1.23. The van der Waals surface area contributed by atoms with Crippen molar-refractivity contribution in [1.82, 2.24) is 10.2 Å². The van der Waals surface area contributed by atoms with Crippen molar-refractivity contribution in [3.05, 3.63) is 83.9 Å². The Kier molecular flexibility index (Phi) is 11.4. The molecule has 0 spiro atoms.